The number of rotatable bonds is 5. The smallest absolute Gasteiger partial charge is 0.262 e. The fraction of sp³-hybridized carbons (Fsp3) is 0.750. The molecule has 1 N–H and O–H groups in total. The van der Waals surface area contributed by atoms with Gasteiger partial charge in [0.05, 0.1) is 6.10 Å². The second-order valence-electron chi connectivity index (χ2n) is 6.80. The van der Waals surface area contributed by atoms with Crippen LogP contribution in [0.3, 0.4) is 0 Å². The number of nitrogens with zero attached hydrogens (tertiary/aromatic N) is 3. The van der Waals surface area contributed by atoms with Crippen molar-refractivity contribution in [2.45, 2.75) is 43.7 Å². The van der Waals surface area contributed by atoms with Crippen molar-refractivity contribution < 1.29 is 17.9 Å². The molecule has 3 rings (SSSR count). The van der Waals surface area contributed by atoms with Crippen LogP contribution in [0.5, 0.6) is 0 Å². The number of piperidine rings is 1. The van der Waals surface area contributed by atoms with Crippen molar-refractivity contribution in [3.63, 3.8) is 0 Å². The second-order valence-corrected chi connectivity index (χ2v) is 8.68. The fourth-order valence-electron chi connectivity index (χ4n) is 3.31. The molecule has 0 spiro atoms. The molecule has 0 aliphatic carbocycles. The van der Waals surface area contributed by atoms with E-state index in [1.165, 1.54) is 10.5 Å². The van der Waals surface area contributed by atoms with E-state index in [4.69, 9.17) is 4.74 Å². The van der Waals surface area contributed by atoms with Crippen molar-refractivity contribution >= 4 is 15.9 Å². The van der Waals surface area contributed by atoms with Crippen LogP contribution >= 0.6 is 0 Å². The van der Waals surface area contributed by atoms with E-state index in [0.29, 0.717) is 38.3 Å². The van der Waals surface area contributed by atoms with E-state index >= 15 is 0 Å². The predicted octanol–water partition coefficient (Wildman–Crippen LogP) is 0.424. The van der Waals surface area contributed by atoms with E-state index in [0.717, 1.165) is 19.4 Å². The lowest BCUT2D eigenvalue weighted by atomic mass is 9.97. The van der Waals surface area contributed by atoms with E-state index in [1.807, 2.05) is 0 Å². The minimum atomic E-state index is -3.59. The lowest BCUT2D eigenvalue weighted by molar-refractivity contribution is -0.126. The van der Waals surface area contributed by atoms with Crippen LogP contribution in [0.1, 0.15) is 31.5 Å². The minimum Gasteiger partial charge on any atom is -0.376 e. The molecule has 0 radical (unpaired) electrons. The van der Waals surface area contributed by atoms with Crippen molar-refractivity contribution in [1.82, 2.24) is 19.2 Å². The van der Waals surface area contributed by atoms with Gasteiger partial charge in [0.2, 0.25) is 5.91 Å². The molecule has 8 nitrogen and oxygen atoms in total. The number of aromatic nitrogens is 2. The molecule has 1 atom stereocenters. The highest BCUT2D eigenvalue weighted by molar-refractivity contribution is 7.89. The molecule has 0 unspecified atom stereocenters. The van der Waals surface area contributed by atoms with Gasteiger partial charge in [0.15, 0.2) is 5.03 Å². The molecule has 1 amide bonds. The van der Waals surface area contributed by atoms with Gasteiger partial charge in [0, 0.05) is 45.4 Å². The Morgan fingerprint density at radius 3 is 2.64 bits per heavy atom. The number of nitrogens with one attached hydrogen (secondary N) is 1. The molecule has 0 aromatic carbocycles. The van der Waals surface area contributed by atoms with Crippen molar-refractivity contribution in [1.29, 1.82) is 0 Å². The Labute approximate surface area is 148 Å². The number of amides is 1. The van der Waals surface area contributed by atoms with Gasteiger partial charge >= 0.3 is 0 Å². The molecule has 3 heterocycles. The highest BCUT2D eigenvalue weighted by Crippen LogP contribution is 2.23. The summed E-state index contributed by atoms with van der Waals surface area (Å²) in [4.78, 5) is 16.4. The standard InChI is InChI=1S/C16H26N4O4S/c1-12-18-15(11-19(12)2)25(22,23)20-7-5-13(6-8-20)16(21)17-10-14-4-3-9-24-14/h11,13-14H,3-10H2,1-2H3,(H,17,21)/t14-/m0/s1. The molecule has 1 aromatic rings. The molecule has 1 aromatic heterocycles. The number of ether oxygens (including phenoxy) is 1. The van der Waals surface area contributed by atoms with Crippen LogP contribution in [-0.2, 0) is 26.6 Å². The summed E-state index contributed by atoms with van der Waals surface area (Å²) in [7, 11) is -1.82. The molecule has 2 aliphatic rings. The van der Waals surface area contributed by atoms with Gasteiger partial charge in [-0.2, -0.15) is 4.31 Å². The molecule has 140 valence electrons. The first kappa shape index (κ1) is 18.3. The van der Waals surface area contributed by atoms with Crippen molar-refractivity contribution in [2.24, 2.45) is 13.0 Å². The summed E-state index contributed by atoms with van der Waals surface area (Å²) in [6.07, 6.45) is 4.75. The monoisotopic (exact) mass is 370 g/mol. The van der Waals surface area contributed by atoms with E-state index in [-0.39, 0.29) is 23.0 Å². The fourth-order valence-corrected chi connectivity index (χ4v) is 4.80. The molecular weight excluding hydrogens is 344 g/mol. The van der Waals surface area contributed by atoms with Gasteiger partial charge in [0.1, 0.15) is 5.82 Å². The van der Waals surface area contributed by atoms with E-state index in [2.05, 4.69) is 10.3 Å². The lowest BCUT2D eigenvalue weighted by Crippen LogP contribution is -2.44. The number of hydrogen-bond acceptors (Lipinski definition) is 5. The van der Waals surface area contributed by atoms with Gasteiger partial charge in [-0.15, -0.1) is 0 Å². The first-order chi connectivity index (χ1) is 11.9. The van der Waals surface area contributed by atoms with Gasteiger partial charge in [-0.05, 0) is 32.6 Å². The highest BCUT2D eigenvalue weighted by atomic mass is 32.2. The SMILES string of the molecule is Cc1nc(S(=O)(=O)N2CCC(C(=O)NC[C@@H]3CCCO3)CC2)cn1C. The van der Waals surface area contributed by atoms with E-state index in [1.54, 1.807) is 18.5 Å². The Kier molecular flexibility index (Phi) is 5.45. The molecule has 2 fully saturated rings. The van der Waals surface area contributed by atoms with Crippen LogP contribution in [0.2, 0.25) is 0 Å². The summed E-state index contributed by atoms with van der Waals surface area (Å²) >= 11 is 0. The number of aryl methyl sites for hydroxylation is 2. The quantitative estimate of drug-likeness (QED) is 0.811. The predicted molar refractivity (Wildman–Crippen MR) is 91.4 cm³/mol. The summed E-state index contributed by atoms with van der Waals surface area (Å²) < 4.78 is 33.9. The number of imidazole rings is 1. The first-order valence-electron chi connectivity index (χ1n) is 8.77. The van der Waals surface area contributed by atoms with Crippen LogP contribution in [0.4, 0.5) is 0 Å². The summed E-state index contributed by atoms with van der Waals surface area (Å²) in [5.74, 6) is 0.515. The average molecular weight is 370 g/mol. The van der Waals surface area contributed by atoms with Crippen LogP contribution in [0.25, 0.3) is 0 Å². The number of sulfonamides is 1. The molecule has 0 saturated carbocycles. The Hall–Kier alpha value is -1.45. The summed E-state index contributed by atoms with van der Waals surface area (Å²) in [6.45, 7) is 3.77. The average Bonchev–Trinajstić information content (AvgIpc) is 3.23. The zero-order valence-electron chi connectivity index (χ0n) is 14.8. The van der Waals surface area contributed by atoms with Gasteiger partial charge in [-0.1, -0.05) is 0 Å². The number of carbonyl (C=O) groups is 1. The normalized spacial score (nSPS) is 23.0. The third kappa shape index (κ3) is 4.04. The Morgan fingerprint density at radius 2 is 2.08 bits per heavy atom. The third-order valence-corrected chi connectivity index (χ3v) is 6.81. The van der Waals surface area contributed by atoms with Gasteiger partial charge in [-0.25, -0.2) is 13.4 Å². The Bertz CT molecular complexity index is 697. The van der Waals surface area contributed by atoms with Gasteiger partial charge in [0.25, 0.3) is 10.0 Å². The largest absolute Gasteiger partial charge is 0.376 e. The van der Waals surface area contributed by atoms with Crippen LogP contribution in [-0.4, -0.2) is 60.5 Å². The lowest BCUT2D eigenvalue weighted by Gasteiger charge is -2.30. The third-order valence-electron chi connectivity index (χ3n) is 5.04. The molecule has 9 heteroatoms. The molecular formula is C16H26N4O4S. The van der Waals surface area contributed by atoms with Crippen LogP contribution in [0, 0.1) is 12.8 Å². The summed E-state index contributed by atoms with van der Waals surface area (Å²) in [5, 5.41) is 3.02. The summed E-state index contributed by atoms with van der Waals surface area (Å²) in [6, 6.07) is 0. The van der Waals surface area contributed by atoms with Crippen LogP contribution < -0.4 is 5.32 Å². The van der Waals surface area contributed by atoms with Gasteiger partial charge < -0.3 is 14.6 Å². The molecule has 25 heavy (non-hydrogen) atoms. The van der Waals surface area contributed by atoms with E-state index < -0.39 is 10.0 Å². The van der Waals surface area contributed by atoms with Crippen molar-refractivity contribution in [2.75, 3.05) is 26.2 Å². The van der Waals surface area contributed by atoms with Gasteiger partial charge in [-0.3, -0.25) is 4.79 Å². The van der Waals surface area contributed by atoms with E-state index in [9.17, 15) is 13.2 Å². The van der Waals surface area contributed by atoms with Crippen molar-refractivity contribution in [3.8, 4) is 0 Å². The number of hydrogen-bond donors (Lipinski definition) is 1. The maximum atomic E-state index is 12.7. The molecule has 0 bridgehead atoms. The van der Waals surface area contributed by atoms with Crippen LogP contribution in [0.15, 0.2) is 11.2 Å². The van der Waals surface area contributed by atoms with Crippen molar-refractivity contribution in [3.05, 3.63) is 12.0 Å². The molecule has 2 saturated heterocycles. The zero-order valence-corrected chi connectivity index (χ0v) is 15.6. The highest BCUT2D eigenvalue weighted by Gasteiger charge is 2.33. The maximum absolute atomic E-state index is 12.7. The maximum Gasteiger partial charge on any atom is 0.262 e. The molecule has 2 aliphatic heterocycles. The minimum absolute atomic E-state index is 0.00114. The Balaban J connectivity index is 1.53. The second kappa shape index (κ2) is 7.43. The first-order valence-corrected chi connectivity index (χ1v) is 10.2. The topological polar surface area (TPSA) is 93.5 Å². The summed E-state index contributed by atoms with van der Waals surface area (Å²) in [5.41, 5.74) is 0. The zero-order chi connectivity index (χ0) is 18.0. The number of carbonyl (C=O) groups excluding carboxylic acids is 1. The Morgan fingerprint density at radius 1 is 1.36 bits per heavy atom.